The summed E-state index contributed by atoms with van der Waals surface area (Å²) in [6, 6.07) is 28.8. The molecule has 1 aliphatic carbocycles. The summed E-state index contributed by atoms with van der Waals surface area (Å²) >= 11 is 3.60. The van der Waals surface area contributed by atoms with Gasteiger partial charge in [-0.05, 0) is 62.4 Å². The zero-order valence-corrected chi connectivity index (χ0v) is 16.5. The number of hydrogen-bond donors (Lipinski definition) is 0. The maximum absolute atomic E-state index is 3.60. The Morgan fingerprint density at radius 1 is 0.654 bits per heavy atom. The van der Waals surface area contributed by atoms with Crippen LogP contribution in [0.15, 0.2) is 83.3 Å². The van der Waals surface area contributed by atoms with Gasteiger partial charge in [-0.15, -0.1) is 0 Å². The van der Waals surface area contributed by atoms with E-state index in [0.29, 0.717) is 0 Å². The number of benzene rings is 4. The van der Waals surface area contributed by atoms with Gasteiger partial charge < -0.3 is 0 Å². The summed E-state index contributed by atoms with van der Waals surface area (Å²) in [7, 11) is 0. The van der Waals surface area contributed by atoms with Crippen LogP contribution in [0.2, 0.25) is 0 Å². The maximum atomic E-state index is 3.60. The van der Waals surface area contributed by atoms with Crippen molar-refractivity contribution in [2.75, 3.05) is 0 Å². The first-order valence-corrected chi connectivity index (χ1v) is 9.78. The van der Waals surface area contributed by atoms with Crippen molar-refractivity contribution in [3.63, 3.8) is 0 Å². The fourth-order valence-electron chi connectivity index (χ4n) is 4.39. The molecule has 0 amide bonds. The fraction of sp³-hybridized carbons (Fsp3) is 0.120. The molecule has 0 bridgehead atoms. The largest absolute Gasteiger partial charge is 0.0613 e. The van der Waals surface area contributed by atoms with Crippen LogP contribution in [0, 0.1) is 0 Å². The minimum atomic E-state index is -0.000994. The topological polar surface area (TPSA) is 0 Å². The summed E-state index contributed by atoms with van der Waals surface area (Å²) < 4.78 is 1.11. The molecule has 0 saturated carbocycles. The van der Waals surface area contributed by atoms with Crippen LogP contribution < -0.4 is 0 Å². The molecule has 4 aromatic carbocycles. The molecule has 4 aromatic rings. The van der Waals surface area contributed by atoms with Crippen molar-refractivity contribution in [3.8, 4) is 22.3 Å². The van der Waals surface area contributed by atoms with Gasteiger partial charge in [0, 0.05) is 9.89 Å². The third-order valence-corrected chi connectivity index (χ3v) is 6.21. The van der Waals surface area contributed by atoms with Gasteiger partial charge in [-0.3, -0.25) is 0 Å². The lowest BCUT2D eigenvalue weighted by atomic mass is 9.68. The van der Waals surface area contributed by atoms with E-state index in [4.69, 9.17) is 0 Å². The van der Waals surface area contributed by atoms with Gasteiger partial charge in [0.2, 0.25) is 0 Å². The van der Waals surface area contributed by atoms with Crippen molar-refractivity contribution in [3.05, 3.63) is 94.5 Å². The van der Waals surface area contributed by atoms with Crippen molar-refractivity contribution < 1.29 is 0 Å². The number of fused-ring (bicyclic) bond motifs is 2. The summed E-state index contributed by atoms with van der Waals surface area (Å²) in [5.74, 6) is 0. The molecule has 0 nitrogen and oxygen atoms in total. The Hall–Kier alpha value is -2.38. The first-order valence-electron chi connectivity index (χ1n) is 8.99. The van der Waals surface area contributed by atoms with Crippen LogP contribution in [-0.4, -0.2) is 0 Å². The van der Waals surface area contributed by atoms with Crippen molar-refractivity contribution in [2.24, 2.45) is 0 Å². The molecule has 1 heteroatoms. The fourth-order valence-corrected chi connectivity index (χ4v) is 4.79. The van der Waals surface area contributed by atoms with Crippen LogP contribution in [0.5, 0.6) is 0 Å². The van der Waals surface area contributed by atoms with Crippen LogP contribution in [-0.2, 0) is 5.41 Å². The average Bonchev–Trinajstić information content (AvgIpc) is 2.66. The highest BCUT2D eigenvalue weighted by atomic mass is 79.9. The zero-order chi connectivity index (χ0) is 17.9. The Bertz CT molecular complexity index is 1160. The third kappa shape index (κ3) is 2.20. The molecule has 26 heavy (non-hydrogen) atoms. The van der Waals surface area contributed by atoms with E-state index in [2.05, 4.69) is 109 Å². The first kappa shape index (κ1) is 15.8. The molecule has 126 valence electrons. The van der Waals surface area contributed by atoms with Gasteiger partial charge in [-0.25, -0.2) is 0 Å². The lowest BCUT2D eigenvalue weighted by Gasteiger charge is -2.35. The quantitative estimate of drug-likeness (QED) is 0.310. The van der Waals surface area contributed by atoms with Crippen LogP contribution in [0.25, 0.3) is 33.0 Å². The minimum Gasteiger partial charge on any atom is -0.0613 e. The van der Waals surface area contributed by atoms with E-state index < -0.39 is 0 Å². The maximum Gasteiger partial charge on any atom is 0.0181 e. The van der Waals surface area contributed by atoms with Gasteiger partial charge in [0.1, 0.15) is 0 Å². The van der Waals surface area contributed by atoms with Gasteiger partial charge in [0.25, 0.3) is 0 Å². The number of hydrogen-bond acceptors (Lipinski definition) is 0. The van der Waals surface area contributed by atoms with E-state index in [1.54, 1.807) is 0 Å². The van der Waals surface area contributed by atoms with Gasteiger partial charge in [-0.2, -0.15) is 0 Å². The highest BCUT2D eigenvalue weighted by Gasteiger charge is 2.33. The predicted molar refractivity (Wildman–Crippen MR) is 115 cm³/mol. The van der Waals surface area contributed by atoms with Crippen LogP contribution in [0.4, 0.5) is 0 Å². The van der Waals surface area contributed by atoms with E-state index in [-0.39, 0.29) is 5.41 Å². The number of halogens is 1. The Kier molecular flexibility index (Phi) is 3.39. The molecule has 0 fully saturated rings. The summed E-state index contributed by atoms with van der Waals surface area (Å²) in [6.07, 6.45) is 0. The SMILES string of the molecule is CC1(C)c2ccc(-c3cccc(Br)c3)cc2-c2cccc3cccc1c23. The van der Waals surface area contributed by atoms with Crippen molar-refractivity contribution in [1.29, 1.82) is 0 Å². The average molecular weight is 399 g/mol. The third-order valence-electron chi connectivity index (χ3n) is 5.72. The molecule has 0 radical (unpaired) electrons. The normalized spacial score (nSPS) is 14.3. The molecule has 0 saturated heterocycles. The van der Waals surface area contributed by atoms with Gasteiger partial charge in [0.15, 0.2) is 0 Å². The molecule has 0 aromatic heterocycles. The second-order valence-corrected chi connectivity index (χ2v) is 8.52. The summed E-state index contributed by atoms with van der Waals surface area (Å²) in [5.41, 5.74) is 8.04. The highest BCUT2D eigenvalue weighted by Crippen LogP contribution is 2.49. The Balaban J connectivity index is 1.85. The lowest BCUT2D eigenvalue weighted by Crippen LogP contribution is -2.23. The molecule has 1 aliphatic rings. The van der Waals surface area contributed by atoms with Crippen molar-refractivity contribution >= 4 is 26.7 Å². The molecule has 0 aliphatic heterocycles. The summed E-state index contributed by atoms with van der Waals surface area (Å²) in [5, 5.41) is 2.73. The van der Waals surface area contributed by atoms with E-state index in [0.717, 1.165) is 4.47 Å². The summed E-state index contributed by atoms with van der Waals surface area (Å²) in [4.78, 5) is 0. The van der Waals surface area contributed by atoms with E-state index in [1.165, 1.54) is 44.2 Å². The second kappa shape index (κ2) is 5.56. The van der Waals surface area contributed by atoms with Crippen LogP contribution in [0.1, 0.15) is 25.0 Å². The minimum absolute atomic E-state index is 0.000994. The smallest absolute Gasteiger partial charge is 0.0181 e. The van der Waals surface area contributed by atoms with Gasteiger partial charge >= 0.3 is 0 Å². The zero-order valence-electron chi connectivity index (χ0n) is 14.9. The molecule has 0 spiro atoms. The summed E-state index contributed by atoms with van der Waals surface area (Å²) in [6.45, 7) is 4.69. The second-order valence-electron chi connectivity index (χ2n) is 7.60. The molecule has 0 unspecified atom stereocenters. The van der Waals surface area contributed by atoms with E-state index in [9.17, 15) is 0 Å². The predicted octanol–water partition coefficient (Wildman–Crippen LogP) is 7.58. The highest BCUT2D eigenvalue weighted by molar-refractivity contribution is 9.10. The Morgan fingerprint density at radius 2 is 1.38 bits per heavy atom. The molecular formula is C25H19Br. The van der Waals surface area contributed by atoms with Crippen LogP contribution in [0.3, 0.4) is 0 Å². The standard InChI is InChI=1S/C25H19Br/c1-25(2)22-13-12-18(17-8-3-9-19(26)14-17)15-21(22)20-10-4-6-16-7-5-11-23(25)24(16)20/h3-15H,1-2H3. The van der Waals surface area contributed by atoms with E-state index >= 15 is 0 Å². The lowest BCUT2D eigenvalue weighted by molar-refractivity contribution is 0.645. The van der Waals surface area contributed by atoms with Crippen molar-refractivity contribution in [1.82, 2.24) is 0 Å². The Morgan fingerprint density at radius 3 is 2.19 bits per heavy atom. The van der Waals surface area contributed by atoms with Crippen LogP contribution >= 0.6 is 15.9 Å². The molecule has 0 atom stereocenters. The Labute approximate surface area is 162 Å². The van der Waals surface area contributed by atoms with Crippen molar-refractivity contribution in [2.45, 2.75) is 19.3 Å². The molecular weight excluding hydrogens is 380 g/mol. The van der Waals surface area contributed by atoms with Gasteiger partial charge in [0.05, 0.1) is 0 Å². The molecule has 0 N–H and O–H groups in total. The van der Waals surface area contributed by atoms with E-state index in [1.807, 2.05) is 0 Å². The molecule has 0 heterocycles. The molecule has 5 rings (SSSR count). The number of rotatable bonds is 1. The van der Waals surface area contributed by atoms with Gasteiger partial charge in [-0.1, -0.05) is 90.4 Å². The monoisotopic (exact) mass is 398 g/mol. The first-order chi connectivity index (χ1) is 12.6.